The highest BCUT2D eigenvalue weighted by molar-refractivity contribution is 6.08. The van der Waals surface area contributed by atoms with Crippen molar-refractivity contribution >= 4 is 34.6 Å². The number of primary amides is 1. The monoisotopic (exact) mass is 618 g/mol. The molecule has 1 aromatic heterocycles. The standard InChI is InChI=1S/C36H50N4O5/c1-3-5-7-11-18-28(24-33(37)41)40(23-14-6-4-2)36(45)31(20-15-22-34(42)43)38-35(44)30-26-39(25-27-16-9-8-10-17-27)32-21-13-12-19-29(30)32/h8-10,12-13,16-17,19,21,26,28,31H,3-7,11,14-15,18,20,22-25H2,1-2H3,(H2,37,41)(H,38,44)(H,42,43)/t28-,31-/m0/s1. The van der Waals surface area contributed by atoms with E-state index in [4.69, 9.17) is 5.73 Å². The van der Waals surface area contributed by atoms with Crippen molar-refractivity contribution in [2.75, 3.05) is 6.54 Å². The molecular formula is C36H50N4O5. The predicted octanol–water partition coefficient (Wildman–Crippen LogP) is 6.28. The number of rotatable bonds is 21. The molecule has 3 aromatic rings. The van der Waals surface area contributed by atoms with Crippen LogP contribution in [0.1, 0.15) is 107 Å². The number of nitrogens with zero attached hydrogens (tertiary/aromatic N) is 2. The second kappa shape index (κ2) is 18.6. The summed E-state index contributed by atoms with van der Waals surface area (Å²) in [5.41, 5.74) is 8.10. The molecule has 0 spiro atoms. The number of nitrogens with one attached hydrogen (secondary N) is 1. The number of carboxylic acids is 1. The number of aliphatic carboxylic acids is 1. The number of benzene rings is 2. The second-order valence-corrected chi connectivity index (χ2v) is 11.9. The van der Waals surface area contributed by atoms with Gasteiger partial charge in [-0.15, -0.1) is 0 Å². The fourth-order valence-electron chi connectivity index (χ4n) is 5.90. The van der Waals surface area contributed by atoms with E-state index < -0.39 is 23.8 Å². The fraction of sp³-hybridized carbons (Fsp3) is 0.500. The van der Waals surface area contributed by atoms with E-state index in [1.165, 1.54) is 0 Å². The second-order valence-electron chi connectivity index (χ2n) is 11.9. The summed E-state index contributed by atoms with van der Waals surface area (Å²) in [6, 6.07) is 16.3. The molecule has 3 amide bonds. The van der Waals surface area contributed by atoms with E-state index >= 15 is 0 Å². The van der Waals surface area contributed by atoms with Crippen LogP contribution in [0.25, 0.3) is 10.9 Å². The number of carbonyl (C=O) groups is 4. The van der Waals surface area contributed by atoms with Gasteiger partial charge in [0.15, 0.2) is 0 Å². The van der Waals surface area contributed by atoms with Crippen molar-refractivity contribution in [3.63, 3.8) is 0 Å². The summed E-state index contributed by atoms with van der Waals surface area (Å²) in [7, 11) is 0. The predicted molar refractivity (Wildman–Crippen MR) is 178 cm³/mol. The lowest BCUT2D eigenvalue weighted by Crippen LogP contribution is -2.53. The highest BCUT2D eigenvalue weighted by Gasteiger charge is 2.32. The minimum Gasteiger partial charge on any atom is -0.481 e. The van der Waals surface area contributed by atoms with Crippen molar-refractivity contribution in [2.45, 2.75) is 110 Å². The number of fused-ring (bicyclic) bond motifs is 1. The Hall–Kier alpha value is -4.14. The van der Waals surface area contributed by atoms with Gasteiger partial charge in [0, 0.05) is 49.1 Å². The highest BCUT2D eigenvalue weighted by atomic mass is 16.4. The first-order chi connectivity index (χ1) is 21.7. The van der Waals surface area contributed by atoms with E-state index in [0.717, 1.165) is 61.4 Å². The highest BCUT2D eigenvalue weighted by Crippen LogP contribution is 2.24. The number of nitrogens with two attached hydrogens (primary N) is 1. The molecule has 0 aliphatic rings. The third-order valence-corrected chi connectivity index (χ3v) is 8.27. The van der Waals surface area contributed by atoms with Crippen LogP contribution in [-0.4, -0.2) is 56.9 Å². The number of hydrogen-bond acceptors (Lipinski definition) is 4. The molecule has 9 heteroatoms. The lowest BCUT2D eigenvalue weighted by molar-refractivity contribution is -0.139. The Morgan fingerprint density at radius 3 is 2.24 bits per heavy atom. The van der Waals surface area contributed by atoms with Gasteiger partial charge in [-0.2, -0.15) is 0 Å². The summed E-state index contributed by atoms with van der Waals surface area (Å²) < 4.78 is 2.02. The Morgan fingerprint density at radius 2 is 1.56 bits per heavy atom. The van der Waals surface area contributed by atoms with Crippen LogP contribution in [0.4, 0.5) is 0 Å². The van der Waals surface area contributed by atoms with Gasteiger partial charge in [0.1, 0.15) is 6.04 Å². The molecule has 2 aromatic carbocycles. The van der Waals surface area contributed by atoms with Crippen molar-refractivity contribution in [1.29, 1.82) is 0 Å². The lowest BCUT2D eigenvalue weighted by atomic mass is 9.99. The maximum atomic E-state index is 14.3. The SMILES string of the molecule is CCCCCC[C@@H](CC(N)=O)N(CCCCC)C(=O)[C@H](CCCC(=O)O)NC(=O)c1cn(Cc2ccccc2)c2ccccc12. The topological polar surface area (TPSA) is 135 Å². The van der Waals surface area contributed by atoms with Crippen molar-refractivity contribution in [1.82, 2.24) is 14.8 Å². The Labute approximate surface area is 267 Å². The number of para-hydroxylation sites is 1. The van der Waals surface area contributed by atoms with Gasteiger partial charge in [-0.25, -0.2) is 0 Å². The fourth-order valence-corrected chi connectivity index (χ4v) is 5.90. The van der Waals surface area contributed by atoms with Gasteiger partial charge >= 0.3 is 5.97 Å². The van der Waals surface area contributed by atoms with Crippen LogP contribution in [0, 0.1) is 0 Å². The zero-order chi connectivity index (χ0) is 32.6. The average Bonchev–Trinajstić information content (AvgIpc) is 3.38. The maximum Gasteiger partial charge on any atom is 0.303 e. The minimum atomic E-state index is -0.959. The Balaban J connectivity index is 1.93. The number of carboxylic acid groups (broad SMARTS) is 1. The van der Waals surface area contributed by atoms with Crippen LogP contribution in [0.3, 0.4) is 0 Å². The molecule has 9 nitrogen and oxygen atoms in total. The third-order valence-electron chi connectivity index (χ3n) is 8.27. The van der Waals surface area contributed by atoms with Gasteiger partial charge in [-0.1, -0.05) is 101 Å². The molecular weight excluding hydrogens is 568 g/mol. The van der Waals surface area contributed by atoms with Crippen LogP contribution >= 0.6 is 0 Å². The Morgan fingerprint density at radius 1 is 0.867 bits per heavy atom. The first-order valence-electron chi connectivity index (χ1n) is 16.5. The summed E-state index contributed by atoms with van der Waals surface area (Å²) >= 11 is 0. The molecule has 0 radical (unpaired) electrons. The Bertz CT molecular complexity index is 1390. The van der Waals surface area contributed by atoms with Crippen LogP contribution in [0.15, 0.2) is 60.8 Å². The van der Waals surface area contributed by atoms with Gasteiger partial charge in [0.2, 0.25) is 11.8 Å². The van der Waals surface area contributed by atoms with Crippen molar-refractivity contribution < 1.29 is 24.3 Å². The summed E-state index contributed by atoms with van der Waals surface area (Å²) in [6.45, 7) is 5.24. The molecule has 0 fully saturated rings. The first kappa shape index (κ1) is 35.3. The average molecular weight is 619 g/mol. The smallest absolute Gasteiger partial charge is 0.303 e. The normalized spacial score (nSPS) is 12.5. The molecule has 3 rings (SSSR count). The number of aromatic nitrogens is 1. The van der Waals surface area contributed by atoms with Gasteiger partial charge in [0.05, 0.1) is 5.56 Å². The number of amides is 3. The zero-order valence-electron chi connectivity index (χ0n) is 26.9. The largest absolute Gasteiger partial charge is 0.481 e. The first-order valence-corrected chi connectivity index (χ1v) is 16.5. The molecule has 45 heavy (non-hydrogen) atoms. The molecule has 4 N–H and O–H groups in total. The molecule has 0 saturated carbocycles. The van der Waals surface area contributed by atoms with E-state index in [0.29, 0.717) is 25.1 Å². The van der Waals surface area contributed by atoms with E-state index in [1.54, 1.807) is 4.90 Å². The molecule has 0 aliphatic heterocycles. The molecule has 0 bridgehead atoms. The minimum absolute atomic E-state index is 0.0484. The van der Waals surface area contributed by atoms with Crippen molar-refractivity contribution in [2.24, 2.45) is 5.73 Å². The lowest BCUT2D eigenvalue weighted by Gasteiger charge is -2.35. The van der Waals surface area contributed by atoms with E-state index in [1.807, 2.05) is 65.4 Å². The summed E-state index contributed by atoms with van der Waals surface area (Å²) in [6.07, 6.45) is 9.41. The molecule has 0 aliphatic carbocycles. The van der Waals surface area contributed by atoms with Crippen LogP contribution < -0.4 is 11.1 Å². The Kier molecular flexibility index (Phi) is 14.6. The van der Waals surface area contributed by atoms with Crippen molar-refractivity contribution in [3.05, 3.63) is 71.9 Å². The molecule has 244 valence electrons. The molecule has 0 unspecified atom stereocenters. The zero-order valence-corrected chi connectivity index (χ0v) is 26.9. The van der Waals surface area contributed by atoms with Gasteiger partial charge in [0.25, 0.3) is 5.91 Å². The number of hydrogen-bond donors (Lipinski definition) is 3. The van der Waals surface area contributed by atoms with Crippen molar-refractivity contribution in [3.8, 4) is 0 Å². The van der Waals surface area contributed by atoms with E-state index in [2.05, 4.69) is 19.2 Å². The maximum absolute atomic E-state index is 14.3. The van der Waals surface area contributed by atoms with E-state index in [9.17, 15) is 24.3 Å². The summed E-state index contributed by atoms with van der Waals surface area (Å²) in [4.78, 5) is 53.5. The number of carbonyl (C=O) groups excluding carboxylic acids is 3. The quantitative estimate of drug-likeness (QED) is 0.121. The van der Waals surface area contributed by atoms with Crippen LogP contribution in [-0.2, 0) is 20.9 Å². The summed E-state index contributed by atoms with van der Waals surface area (Å²) in [5.74, 6) is -2.12. The van der Waals surface area contributed by atoms with E-state index in [-0.39, 0.29) is 37.6 Å². The molecule has 2 atom stereocenters. The van der Waals surface area contributed by atoms with Gasteiger partial charge in [-0.3, -0.25) is 19.2 Å². The molecule has 0 saturated heterocycles. The summed E-state index contributed by atoms with van der Waals surface area (Å²) in [5, 5.41) is 13.1. The van der Waals surface area contributed by atoms with Crippen LogP contribution in [0.2, 0.25) is 0 Å². The number of unbranched alkanes of at least 4 members (excludes halogenated alkanes) is 5. The van der Waals surface area contributed by atoms with Gasteiger partial charge in [-0.05, 0) is 37.3 Å². The van der Waals surface area contributed by atoms with Gasteiger partial charge < -0.3 is 25.6 Å². The molecule has 1 heterocycles. The van der Waals surface area contributed by atoms with Crippen LogP contribution in [0.5, 0.6) is 0 Å². The third kappa shape index (κ3) is 11.1.